The molecular formula is C12H18O7. The first kappa shape index (κ1) is 17.3. The first-order chi connectivity index (χ1) is 8.90. The van der Waals surface area contributed by atoms with Crippen LogP contribution in [0.5, 0.6) is 0 Å². The van der Waals surface area contributed by atoms with Gasteiger partial charge in [-0.3, -0.25) is 9.59 Å². The predicted molar refractivity (Wildman–Crippen MR) is 63.8 cm³/mol. The van der Waals surface area contributed by atoms with E-state index in [9.17, 15) is 14.4 Å². The zero-order valence-electron chi connectivity index (χ0n) is 10.9. The molecular weight excluding hydrogens is 256 g/mol. The van der Waals surface area contributed by atoms with E-state index in [0.717, 1.165) is 13.2 Å². The van der Waals surface area contributed by atoms with Crippen LogP contribution < -0.4 is 0 Å². The molecule has 7 nitrogen and oxygen atoms in total. The molecule has 19 heavy (non-hydrogen) atoms. The second-order valence-electron chi connectivity index (χ2n) is 3.76. The van der Waals surface area contributed by atoms with Crippen LogP contribution >= 0.6 is 0 Å². The highest BCUT2D eigenvalue weighted by Crippen LogP contribution is 2.08. The van der Waals surface area contributed by atoms with Gasteiger partial charge in [0.15, 0.2) is 0 Å². The van der Waals surface area contributed by atoms with Gasteiger partial charge in [0.05, 0.1) is 18.4 Å². The summed E-state index contributed by atoms with van der Waals surface area (Å²) in [7, 11) is 0. The Labute approximate surface area is 110 Å². The van der Waals surface area contributed by atoms with Crippen LogP contribution in [0.3, 0.4) is 0 Å². The minimum atomic E-state index is -1.09. The Balaban J connectivity index is 4.65. The molecule has 0 aliphatic heterocycles. The summed E-state index contributed by atoms with van der Waals surface area (Å²) in [5.41, 5.74) is -0.118. The number of carbonyl (C=O) groups excluding carboxylic acids is 3. The predicted octanol–water partition coefficient (Wildman–Crippen LogP) is -0.301. The van der Waals surface area contributed by atoms with E-state index in [1.807, 2.05) is 0 Å². The number of aliphatic hydroxyl groups is 2. The second-order valence-corrected chi connectivity index (χ2v) is 3.76. The molecule has 0 aliphatic carbocycles. The molecule has 108 valence electrons. The summed E-state index contributed by atoms with van der Waals surface area (Å²) in [6, 6.07) is 0. The van der Waals surface area contributed by atoms with Gasteiger partial charge in [0.1, 0.15) is 18.5 Å². The summed E-state index contributed by atoms with van der Waals surface area (Å²) in [5.74, 6) is -1.99. The van der Waals surface area contributed by atoms with Gasteiger partial charge in [-0.15, -0.1) is 0 Å². The number of ether oxygens (including phenoxy) is 2. The van der Waals surface area contributed by atoms with Crippen LogP contribution in [0, 0.1) is 0 Å². The minimum Gasteiger partial charge on any atom is -0.498 e. The molecule has 0 fully saturated rings. The van der Waals surface area contributed by atoms with Gasteiger partial charge in [0.25, 0.3) is 0 Å². The third-order valence-electron chi connectivity index (χ3n) is 2.01. The Morgan fingerprint density at radius 2 is 1.95 bits per heavy atom. The Hall–Kier alpha value is -1.73. The maximum atomic E-state index is 11.5. The summed E-state index contributed by atoms with van der Waals surface area (Å²) >= 11 is 0. The molecule has 0 saturated carbocycles. The standard InChI is InChI=1S/C12H18O7/c1-3-10(15)4-9(12(17)19-8(2)14)6-18-7-11(16)5-13/h6,11,13,16H,3-5,7H2,1-2H3. The summed E-state index contributed by atoms with van der Waals surface area (Å²) in [6.07, 6.45) is -0.136. The summed E-state index contributed by atoms with van der Waals surface area (Å²) in [4.78, 5) is 33.5. The molecule has 0 aliphatic rings. The van der Waals surface area contributed by atoms with Crippen LogP contribution in [0.1, 0.15) is 26.7 Å². The van der Waals surface area contributed by atoms with Crippen LogP contribution in [-0.4, -0.2) is 47.3 Å². The van der Waals surface area contributed by atoms with Crippen molar-refractivity contribution in [2.75, 3.05) is 13.2 Å². The van der Waals surface area contributed by atoms with Crippen molar-refractivity contribution in [1.29, 1.82) is 0 Å². The highest BCUT2D eigenvalue weighted by atomic mass is 16.6. The molecule has 2 N–H and O–H groups in total. The van der Waals surface area contributed by atoms with E-state index in [1.54, 1.807) is 6.92 Å². The third kappa shape index (κ3) is 8.06. The largest absolute Gasteiger partial charge is 0.498 e. The van der Waals surface area contributed by atoms with E-state index in [0.29, 0.717) is 0 Å². The molecule has 7 heteroatoms. The Bertz CT molecular complexity index is 359. The topological polar surface area (TPSA) is 110 Å². The fraction of sp³-hybridized carbons (Fsp3) is 0.583. The summed E-state index contributed by atoms with van der Waals surface area (Å²) < 4.78 is 9.21. The van der Waals surface area contributed by atoms with Crippen molar-refractivity contribution in [3.05, 3.63) is 11.8 Å². The fourth-order valence-electron chi connectivity index (χ4n) is 1.01. The molecule has 0 aromatic carbocycles. The summed E-state index contributed by atoms with van der Waals surface area (Å²) in [5, 5.41) is 17.6. The van der Waals surface area contributed by atoms with Gasteiger partial charge in [-0.1, -0.05) is 6.92 Å². The average Bonchev–Trinajstić information content (AvgIpc) is 2.35. The SMILES string of the molecule is CCC(=O)CC(=COCC(O)CO)C(=O)OC(C)=O. The van der Waals surface area contributed by atoms with Crippen LogP contribution in [0.25, 0.3) is 0 Å². The molecule has 1 atom stereocenters. The van der Waals surface area contributed by atoms with Crippen LogP contribution in [0.15, 0.2) is 11.8 Å². The van der Waals surface area contributed by atoms with Gasteiger partial charge in [0.2, 0.25) is 0 Å². The van der Waals surface area contributed by atoms with Crippen molar-refractivity contribution in [1.82, 2.24) is 0 Å². The molecule has 0 aromatic rings. The van der Waals surface area contributed by atoms with Gasteiger partial charge in [-0.25, -0.2) is 4.79 Å². The van der Waals surface area contributed by atoms with Crippen LogP contribution in [0.2, 0.25) is 0 Å². The Kier molecular flexibility index (Phi) is 8.39. The highest BCUT2D eigenvalue weighted by molar-refractivity contribution is 5.99. The van der Waals surface area contributed by atoms with E-state index < -0.39 is 24.6 Å². The molecule has 0 rings (SSSR count). The number of hydrogen-bond acceptors (Lipinski definition) is 7. The van der Waals surface area contributed by atoms with Crippen molar-refractivity contribution in [3.8, 4) is 0 Å². The Morgan fingerprint density at radius 1 is 1.32 bits per heavy atom. The maximum Gasteiger partial charge on any atom is 0.345 e. The quantitative estimate of drug-likeness (QED) is 0.270. The van der Waals surface area contributed by atoms with Crippen molar-refractivity contribution >= 4 is 17.7 Å². The number of Topliss-reactive ketones (excluding diaryl/α,β-unsaturated/α-hetero) is 1. The lowest BCUT2D eigenvalue weighted by atomic mass is 10.1. The van der Waals surface area contributed by atoms with E-state index in [4.69, 9.17) is 14.9 Å². The van der Waals surface area contributed by atoms with Gasteiger partial charge >= 0.3 is 11.9 Å². The van der Waals surface area contributed by atoms with E-state index >= 15 is 0 Å². The maximum absolute atomic E-state index is 11.5. The van der Waals surface area contributed by atoms with Crippen molar-refractivity contribution in [2.24, 2.45) is 0 Å². The number of carbonyl (C=O) groups is 3. The average molecular weight is 274 g/mol. The van der Waals surface area contributed by atoms with Gasteiger partial charge < -0.3 is 19.7 Å². The number of esters is 2. The van der Waals surface area contributed by atoms with E-state index in [-0.39, 0.29) is 30.8 Å². The lowest BCUT2D eigenvalue weighted by molar-refractivity contribution is -0.155. The third-order valence-corrected chi connectivity index (χ3v) is 2.01. The molecule has 0 amide bonds. The smallest absolute Gasteiger partial charge is 0.345 e. The fourth-order valence-corrected chi connectivity index (χ4v) is 1.01. The number of aliphatic hydroxyl groups excluding tert-OH is 2. The molecule has 0 bridgehead atoms. The molecule has 0 radical (unpaired) electrons. The van der Waals surface area contributed by atoms with Crippen LogP contribution in [0.4, 0.5) is 0 Å². The lowest BCUT2D eigenvalue weighted by Crippen LogP contribution is -2.19. The first-order valence-corrected chi connectivity index (χ1v) is 5.74. The zero-order valence-corrected chi connectivity index (χ0v) is 10.9. The number of ketones is 1. The van der Waals surface area contributed by atoms with Crippen molar-refractivity contribution in [3.63, 3.8) is 0 Å². The minimum absolute atomic E-state index is 0.118. The van der Waals surface area contributed by atoms with Crippen molar-refractivity contribution in [2.45, 2.75) is 32.8 Å². The van der Waals surface area contributed by atoms with E-state index in [1.165, 1.54) is 0 Å². The first-order valence-electron chi connectivity index (χ1n) is 5.74. The highest BCUT2D eigenvalue weighted by Gasteiger charge is 2.17. The van der Waals surface area contributed by atoms with Gasteiger partial charge in [-0.05, 0) is 0 Å². The molecule has 1 unspecified atom stereocenters. The van der Waals surface area contributed by atoms with E-state index in [2.05, 4.69) is 4.74 Å². The monoisotopic (exact) mass is 274 g/mol. The number of hydrogen-bond donors (Lipinski definition) is 2. The van der Waals surface area contributed by atoms with Gasteiger partial charge in [0, 0.05) is 19.8 Å². The Morgan fingerprint density at radius 3 is 2.42 bits per heavy atom. The second kappa shape index (κ2) is 9.23. The van der Waals surface area contributed by atoms with Gasteiger partial charge in [-0.2, -0.15) is 0 Å². The zero-order chi connectivity index (χ0) is 14.8. The molecule has 0 spiro atoms. The number of rotatable bonds is 8. The molecule has 0 aromatic heterocycles. The van der Waals surface area contributed by atoms with Crippen molar-refractivity contribution < 1.29 is 34.1 Å². The molecule has 0 saturated heterocycles. The van der Waals surface area contributed by atoms with Crippen LogP contribution in [-0.2, 0) is 23.9 Å². The normalized spacial score (nSPS) is 12.7. The lowest BCUT2D eigenvalue weighted by Gasteiger charge is -2.08. The summed E-state index contributed by atoms with van der Waals surface area (Å²) in [6.45, 7) is 1.96. The molecule has 0 heterocycles.